The van der Waals surface area contributed by atoms with Crippen LogP contribution in [-0.2, 0) is 14.3 Å². The molecule has 0 saturated carbocycles. The zero-order chi connectivity index (χ0) is 21.0. The molecule has 0 bridgehead atoms. The third-order valence-corrected chi connectivity index (χ3v) is 5.44. The Morgan fingerprint density at radius 1 is 1.03 bits per heavy atom. The van der Waals surface area contributed by atoms with Crippen LogP contribution in [0.5, 0.6) is 0 Å². The van der Waals surface area contributed by atoms with Gasteiger partial charge in [-0.25, -0.2) is 0 Å². The van der Waals surface area contributed by atoms with E-state index < -0.39 is 24.5 Å². The topological polar surface area (TPSA) is 110 Å². The number of aliphatic carboxylic acids is 1. The number of nitrogens with two attached hydrogens (primary N) is 1. The van der Waals surface area contributed by atoms with Gasteiger partial charge in [0.2, 0.25) is 0 Å². The standard InChI is InChI=1S/C23H27NO5/c1-14(10-20(24)21(25)12-22(26)27)11-23(28)29-13-19-17-8-4-2-6-15(17)16-7-3-5-9-18(16)19/h2-9,14,19-21,25H,10-13,24H2,1H3,(H,26,27)/t14-,20-,21+/m0/s1. The predicted molar refractivity (Wildman–Crippen MR) is 109 cm³/mol. The fourth-order valence-corrected chi connectivity index (χ4v) is 3.99. The van der Waals surface area contributed by atoms with Crippen molar-refractivity contribution in [3.63, 3.8) is 0 Å². The maximum absolute atomic E-state index is 12.3. The van der Waals surface area contributed by atoms with Crippen LogP contribution >= 0.6 is 0 Å². The van der Waals surface area contributed by atoms with E-state index in [1.54, 1.807) is 0 Å². The molecule has 3 atom stereocenters. The summed E-state index contributed by atoms with van der Waals surface area (Å²) in [6.45, 7) is 2.11. The largest absolute Gasteiger partial charge is 0.481 e. The van der Waals surface area contributed by atoms with Gasteiger partial charge in [-0.15, -0.1) is 0 Å². The summed E-state index contributed by atoms with van der Waals surface area (Å²) in [6, 6.07) is 15.6. The number of carboxylic acid groups (broad SMARTS) is 1. The number of carbonyl (C=O) groups excluding carboxylic acids is 1. The molecule has 0 spiro atoms. The van der Waals surface area contributed by atoms with Crippen molar-refractivity contribution in [3.05, 3.63) is 59.7 Å². The van der Waals surface area contributed by atoms with Crippen LogP contribution in [0.25, 0.3) is 11.1 Å². The highest BCUT2D eigenvalue weighted by Gasteiger charge is 2.29. The van der Waals surface area contributed by atoms with E-state index in [0.29, 0.717) is 6.42 Å². The molecule has 0 aromatic heterocycles. The van der Waals surface area contributed by atoms with Crippen LogP contribution in [0.2, 0.25) is 0 Å². The molecule has 0 heterocycles. The molecule has 0 unspecified atom stereocenters. The molecule has 0 fully saturated rings. The number of hydrogen-bond donors (Lipinski definition) is 3. The zero-order valence-corrected chi connectivity index (χ0v) is 16.5. The molecule has 0 amide bonds. The first kappa shape index (κ1) is 21.0. The second-order valence-electron chi connectivity index (χ2n) is 7.78. The Hall–Kier alpha value is -2.70. The van der Waals surface area contributed by atoms with Gasteiger partial charge in [-0.2, -0.15) is 0 Å². The van der Waals surface area contributed by atoms with Crippen molar-refractivity contribution in [1.82, 2.24) is 0 Å². The van der Waals surface area contributed by atoms with Gasteiger partial charge in [0.25, 0.3) is 0 Å². The fraction of sp³-hybridized carbons (Fsp3) is 0.391. The number of esters is 1. The molecule has 1 aliphatic rings. The maximum atomic E-state index is 12.3. The first-order valence-electron chi connectivity index (χ1n) is 9.86. The van der Waals surface area contributed by atoms with Crippen LogP contribution in [0.15, 0.2) is 48.5 Å². The Bertz CT molecular complexity index is 836. The average molecular weight is 397 g/mol. The molecule has 0 saturated heterocycles. The molecule has 29 heavy (non-hydrogen) atoms. The van der Waals surface area contributed by atoms with Crippen molar-refractivity contribution in [1.29, 1.82) is 0 Å². The van der Waals surface area contributed by atoms with Crippen LogP contribution in [0.1, 0.15) is 43.2 Å². The van der Waals surface area contributed by atoms with Gasteiger partial charge in [-0.3, -0.25) is 9.59 Å². The summed E-state index contributed by atoms with van der Waals surface area (Å²) in [5, 5.41) is 18.5. The normalized spacial score (nSPS) is 15.8. The number of fused-ring (bicyclic) bond motifs is 3. The quantitative estimate of drug-likeness (QED) is 0.561. The lowest BCUT2D eigenvalue weighted by molar-refractivity contribution is -0.145. The van der Waals surface area contributed by atoms with Crippen molar-refractivity contribution in [2.24, 2.45) is 11.7 Å². The van der Waals surface area contributed by atoms with Crippen LogP contribution < -0.4 is 5.73 Å². The number of benzene rings is 2. The molecule has 2 aromatic carbocycles. The number of ether oxygens (including phenoxy) is 1. The molecule has 3 rings (SSSR count). The van der Waals surface area contributed by atoms with Crippen molar-refractivity contribution >= 4 is 11.9 Å². The summed E-state index contributed by atoms with van der Waals surface area (Å²) in [6.07, 6.45) is -1.02. The van der Waals surface area contributed by atoms with Crippen LogP contribution in [0.4, 0.5) is 0 Å². The predicted octanol–water partition coefficient (Wildman–Crippen LogP) is 2.92. The summed E-state index contributed by atoms with van der Waals surface area (Å²) in [5.74, 6) is -1.53. The van der Waals surface area contributed by atoms with Gasteiger partial charge >= 0.3 is 11.9 Å². The number of carbonyl (C=O) groups is 2. The fourth-order valence-electron chi connectivity index (χ4n) is 3.99. The first-order chi connectivity index (χ1) is 13.9. The molecule has 0 radical (unpaired) electrons. The highest BCUT2D eigenvalue weighted by molar-refractivity contribution is 5.79. The molecule has 154 valence electrons. The van der Waals surface area contributed by atoms with Crippen molar-refractivity contribution in [3.8, 4) is 11.1 Å². The van der Waals surface area contributed by atoms with Crippen molar-refractivity contribution in [2.75, 3.05) is 6.61 Å². The smallest absolute Gasteiger partial charge is 0.306 e. The molecule has 4 N–H and O–H groups in total. The van der Waals surface area contributed by atoms with E-state index in [-0.39, 0.29) is 30.8 Å². The number of carboxylic acids is 1. The monoisotopic (exact) mass is 397 g/mol. The molecular formula is C23H27NO5. The minimum Gasteiger partial charge on any atom is -0.481 e. The zero-order valence-electron chi connectivity index (χ0n) is 16.5. The molecule has 2 aromatic rings. The summed E-state index contributed by atoms with van der Waals surface area (Å²) >= 11 is 0. The maximum Gasteiger partial charge on any atom is 0.306 e. The van der Waals surface area contributed by atoms with E-state index in [4.69, 9.17) is 15.6 Å². The Balaban J connectivity index is 1.55. The van der Waals surface area contributed by atoms with E-state index >= 15 is 0 Å². The third kappa shape index (κ3) is 5.02. The number of rotatable bonds is 9. The summed E-state index contributed by atoms with van der Waals surface area (Å²) < 4.78 is 5.58. The van der Waals surface area contributed by atoms with Gasteiger partial charge in [0.05, 0.1) is 12.5 Å². The lowest BCUT2D eigenvalue weighted by atomic mass is 9.94. The average Bonchev–Trinajstić information content (AvgIpc) is 2.99. The van der Waals surface area contributed by atoms with Crippen LogP contribution in [0, 0.1) is 5.92 Å². The lowest BCUT2D eigenvalue weighted by Gasteiger charge is -2.21. The molecule has 6 heteroatoms. The Kier molecular flexibility index (Phi) is 6.67. The van der Waals surface area contributed by atoms with Gasteiger partial charge < -0.3 is 20.7 Å². The van der Waals surface area contributed by atoms with Crippen molar-refractivity contribution in [2.45, 2.75) is 44.2 Å². The molecule has 6 nitrogen and oxygen atoms in total. The third-order valence-electron chi connectivity index (χ3n) is 5.44. The van der Waals surface area contributed by atoms with Crippen LogP contribution in [-0.4, -0.2) is 40.9 Å². The van der Waals surface area contributed by atoms with E-state index in [2.05, 4.69) is 24.3 Å². The Labute approximate surface area is 170 Å². The Morgan fingerprint density at radius 2 is 1.59 bits per heavy atom. The SMILES string of the molecule is C[C@H](CC(=O)OCC1c2ccccc2-c2ccccc21)C[C@H](N)[C@H](O)CC(=O)O. The number of aliphatic hydroxyl groups is 1. The summed E-state index contributed by atoms with van der Waals surface area (Å²) in [5.41, 5.74) is 10.5. The molecule has 0 aliphatic heterocycles. The molecule has 1 aliphatic carbocycles. The van der Waals surface area contributed by atoms with Gasteiger partial charge in [-0.1, -0.05) is 55.5 Å². The summed E-state index contributed by atoms with van der Waals surface area (Å²) in [7, 11) is 0. The van der Waals surface area contributed by atoms with Crippen LogP contribution in [0.3, 0.4) is 0 Å². The van der Waals surface area contributed by atoms with E-state index in [9.17, 15) is 14.7 Å². The van der Waals surface area contributed by atoms with Gasteiger partial charge in [0.1, 0.15) is 6.61 Å². The molecular weight excluding hydrogens is 370 g/mol. The number of hydrogen-bond acceptors (Lipinski definition) is 5. The van der Waals surface area contributed by atoms with Crippen molar-refractivity contribution < 1.29 is 24.5 Å². The Morgan fingerprint density at radius 3 is 2.14 bits per heavy atom. The van der Waals surface area contributed by atoms with E-state index in [1.807, 2.05) is 31.2 Å². The van der Waals surface area contributed by atoms with Gasteiger partial charge in [0, 0.05) is 18.4 Å². The van der Waals surface area contributed by atoms with Gasteiger partial charge in [-0.05, 0) is 34.6 Å². The minimum absolute atomic E-state index is 0.0151. The summed E-state index contributed by atoms with van der Waals surface area (Å²) in [4.78, 5) is 23.0. The lowest BCUT2D eigenvalue weighted by Crippen LogP contribution is -2.37. The number of aliphatic hydroxyl groups excluding tert-OH is 1. The highest BCUT2D eigenvalue weighted by atomic mass is 16.5. The minimum atomic E-state index is -1.13. The van der Waals surface area contributed by atoms with E-state index in [0.717, 1.165) is 11.1 Å². The van der Waals surface area contributed by atoms with E-state index in [1.165, 1.54) is 11.1 Å². The first-order valence-corrected chi connectivity index (χ1v) is 9.86. The second kappa shape index (κ2) is 9.20. The van der Waals surface area contributed by atoms with Gasteiger partial charge in [0.15, 0.2) is 0 Å². The highest BCUT2D eigenvalue weighted by Crippen LogP contribution is 2.44. The second-order valence-corrected chi connectivity index (χ2v) is 7.78.